The summed E-state index contributed by atoms with van der Waals surface area (Å²) in [6.45, 7) is 7.48. The summed E-state index contributed by atoms with van der Waals surface area (Å²) in [5.74, 6) is -0.341. The predicted octanol–water partition coefficient (Wildman–Crippen LogP) is 3.00. The fourth-order valence-electron chi connectivity index (χ4n) is 2.21. The minimum Gasteiger partial charge on any atom is -0.478 e. The second-order valence-corrected chi connectivity index (χ2v) is 6.20. The maximum absolute atomic E-state index is 10.7. The maximum Gasteiger partial charge on any atom is 0.328 e. The third kappa shape index (κ3) is 4.15. The third-order valence-corrected chi connectivity index (χ3v) is 4.70. The van der Waals surface area contributed by atoms with Crippen LogP contribution in [-0.2, 0) is 11.2 Å². The van der Waals surface area contributed by atoms with Gasteiger partial charge in [-0.2, -0.15) is 0 Å². The van der Waals surface area contributed by atoms with Gasteiger partial charge in [-0.25, -0.2) is 9.78 Å². The first-order valence-corrected chi connectivity index (χ1v) is 8.08. The van der Waals surface area contributed by atoms with Gasteiger partial charge in [-0.15, -0.1) is 11.3 Å². The molecular formula is C15H22N2O2S. The standard InChI is InChI=1S/C15H22N2O2S/c1-3-17(4-2)10-9-13-16-15(11-5-6-11)12(20-13)7-8-14(18)19/h7-8,11H,3-6,9-10H2,1-2H3,(H,18,19)/b8-7+. The van der Waals surface area contributed by atoms with Gasteiger partial charge in [0.25, 0.3) is 0 Å². The van der Waals surface area contributed by atoms with Crippen molar-refractivity contribution >= 4 is 23.4 Å². The summed E-state index contributed by atoms with van der Waals surface area (Å²) >= 11 is 1.64. The molecule has 0 radical (unpaired) electrons. The van der Waals surface area contributed by atoms with E-state index in [1.54, 1.807) is 17.4 Å². The van der Waals surface area contributed by atoms with Crippen molar-refractivity contribution in [2.24, 2.45) is 0 Å². The molecule has 2 rings (SSSR count). The van der Waals surface area contributed by atoms with E-state index in [0.717, 1.165) is 41.6 Å². The number of carboxylic acid groups (broad SMARTS) is 1. The molecule has 1 fully saturated rings. The second kappa shape index (κ2) is 6.99. The second-order valence-electron chi connectivity index (χ2n) is 5.08. The zero-order valence-electron chi connectivity index (χ0n) is 12.1. The van der Waals surface area contributed by atoms with E-state index in [0.29, 0.717) is 5.92 Å². The SMILES string of the molecule is CCN(CC)CCc1nc(C2CC2)c(/C=C/C(=O)O)s1. The first kappa shape index (κ1) is 15.2. The van der Waals surface area contributed by atoms with Gasteiger partial charge in [0.1, 0.15) is 0 Å². The summed E-state index contributed by atoms with van der Waals surface area (Å²) < 4.78 is 0. The normalized spacial score (nSPS) is 15.3. The lowest BCUT2D eigenvalue weighted by atomic mass is 10.2. The molecule has 0 atom stereocenters. The minimum atomic E-state index is -0.898. The molecule has 20 heavy (non-hydrogen) atoms. The van der Waals surface area contributed by atoms with E-state index in [4.69, 9.17) is 10.1 Å². The van der Waals surface area contributed by atoms with Crippen LogP contribution in [0.3, 0.4) is 0 Å². The molecule has 1 aromatic heterocycles. The molecule has 1 aromatic rings. The third-order valence-electron chi connectivity index (χ3n) is 3.60. The molecule has 0 unspecified atom stereocenters. The molecule has 0 saturated heterocycles. The van der Waals surface area contributed by atoms with Crippen LogP contribution < -0.4 is 0 Å². The molecule has 1 aliphatic carbocycles. The highest BCUT2D eigenvalue weighted by molar-refractivity contribution is 7.12. The predicted molar refractivity (Wildman–Crippen MR) is 82.3 cm³/mol. The Balaban J connectivity index is 2.06. The van der Waals surface area contributed by atoms with E-state index in [2.05, 4.69) is 18.7 Å². The van der Waals surface area contributed by atoms with Crippen LogP contribution in [0.25, 0.3) is 6.08 Å². The quantitative estimate of drug-likeness (QED) is 0.749. The van der Waals surface area contributed by atoms with E-state index in [1.165, 1.54) is 18.9 Å². The molecule has 5 heteroatoms. The van der Waals surface area contributed by atoms with E-state index >= 15 is 0 Å². The van der Waals surface area contributed by atoms with Crippen LogP contribution in [0, 0.1) is 0 Å². The van der Waals surface area contributed by atoms with Crippen molar-refractivity contribution in [3.05, 3.63) is 21.7 Å². The van der Waals surface area contributed by atoms with Gasteiger partial charge >= 0.3 is 5.97 Å². The van der Waals surface area contributed by atoms with Crippen LogP contribution in [-0.4, -0.2) is 40.6 Å². The number of hydrogen-bond donors (Lipinski definition) is 1. The molecular weight excluding hydrogens is 272 g/mol. The van der Waals surface area contributed by atoms with Crippen molar-refractivity contribution in [2.45, 2.75) is 39.0 Å². The lowest BCUT2D eigenvalue weighted by Crippen LogP contribution is -2.25. The number of rotatable bonds is 8. The first-order chi connectivity index (χ1) is 9.63. The van der Waals surface area contributed by atoms with Gasteiger partial charge in [-0.05, 0) is 32.0 Å². The fraction of sp³-hybridized carbons (Fsp3) is 0.600. The smallest absolute Gasteiger partial charge is 0.328 e. The minimum absolute atomic E-state index is 0.557. The molecule has 1 N–H and O–H groups in total. The zero-order valence-corrected chi connectivity index (χ0v) is 12.9. The topological polar surface area (TPSA) is 53.4 Å². The summed E-state index contributed by atoms with van der Waals surface area (Å²) in [4.78, 5) is 18.8. The van der Waals surface area contributed by atoms with Gasteiger partial charge < -0.3 is 10.0 Å². The molecule has 110 valence electrons. The van der Waals surface area contributed by atoms with Gasteiger partial charge in [0.2, 0.25) is 0 Å². The molecule has 0 spiro atoms. The van der Waals surface area contributed by atoms with Gasteiger partial charge in [0, 0.05) is 25.0 Å². The van der Waals surface area contributed by atoms with E-state index in [9.17, 15) is 4.79 Å². The highest BCUT2D eigenvalue weighted by Gasteiger charge is 2.28. The number of aliphatic carboxylic acids is 1. The Labute approximate surface area is 124 Å². The number of carbonyl (C=O) groups is 1. The molecule has 0 bridgehead atoms. The Bertz CT molecular complexity index is 488. The van der Waals surface area contributed by atoms with Crippen LogP contribution in [0.5, 0.6) is 0 Å². The molecule has 4 nitrogen and oxygen atoms in total. The van der Waals surface area contributed by atoms with Crippen molar-refractivity contribution in [2.75, 3.05) is 19.6 Å². The molecule has 1 aliphatic rings. The van der Waals surface area contributed by atoms with Crippen molar-refractivity contribution in [1.29, 1.82) is 0 Å². The summed E-state index contributed by atoms with van der Waals surface area (Å²) in [6, 6.07) is 0. The Morgan fingerprint density at radius 3 is 2.70 bits per heavy atom. The number of thiazole rings is 1. The largest absolute Gasteiger partial charge is 0.478 e. The van der Waals surface area contributed by atoms with Crippen LogP contribution in [0.4, 0.5) is 0 Å². The Hall–Kier alpha value is -1.20. The van der Waals surface area contributed by atoms with Crippen molar-refractivity contribution < 1.29 is 9.90 Å². The number of carboxylic acids is 1. The Kier molecular flexibility index (Phi) is 5.31. The molecule has 0 aromatic carbocycles. The lowest BCUT2D eigenvalue weighted by Gasteiger charge is -2.16. The van der Waals surface area contributed by atoms with Crippen LogP contribution in [0.2, 0.25) is 0 Å². The van der Waals surface area contributed by atoms with Gasteiger partial charge in [0.15, 0.2) is 0 Å². The number of aromatic nitrogens is 1. The van der Waals surface area contributed by atoms with Crippen molar-refractivity contribution in [3.8, 4) is 0 Å². The van der Waals surface area contributed by atoms with E-state index < -0.39 is 5.97 Å². The molecule has 0 aliphatic heterocycles. The summed E-state index contributed by atoms with van der Waals surface area (Å²) in [5.41, 5.74) is 1.11. The highest BCUT2D eigenvalue weighted by atomic mass is 32.1. The van der Waals surface area contributed by atoms with Gasteiger partial charge in [-0.3, -0.25) is 0 Å². The van der Waals surface area contributed by atoms with Crippen molar-refractivity contribution in [3.63, 3.8) is 0 Å². The maximum atomic E-state index is 10.7. The summed E-state index contributed by atoms with van der Waals surface area (Å²) in [7, 11) is 0. The van der Waals surface area contributed by atoms with E-state index in [1.807, 2.05) is 0 Å². The monoisotopic (exact) mass is 294 g/mol. The summed E-state index contributed by atoms with van der Waals surface area (Å²) in [6.07, 6.45) is 6.25. The molecule has 1 heterocycles. The number of likely N-dealkylation sites (N-methyl/N-ethyl adjacent to an activating group) is 1. The Morgan fingerprint density at radius 2 is 2.15 bits per heavy atom. The average molecular weight is 294 g/mol. The molecule has 1 saturated carbocycles. The lowest BCUT2D eigenvalue weighted by molar-refractivity contribution is -0.131. The van der Waals surface area contributed by atoms with E-state index in [-0.39, 0.29) is 0 Å². The Morgan fingerprint density at radius 1 is 1.45 bits per heavy atom. The fourth-order valence-corrected chi connectivity index (χ4v) is 3.25. The van der Waals surface area contributed by atoms with Crippen molar-refractivity contribution in [1.82, 2.24) is 9.88 Å². The zero-order chi connectivity index (χ0) is 14.5. The van der Waals surface area contributed by atoms with Crippen LogP contribution in [0.15, 0.2) is 6.08 Å². The van der Waals surface area contributed by atoms with Crippen LogP contribution >= 0.6 is 11.3 Å². The van der Waals surface area contributed by atoms with Crippen LogP contribution in [0.1, 0.15) is 48.2 Å². The van der Waals surface area contributed by atoms with Gasteiger partial charge in [0.05, 0.1) is 15.6 Å². The van der Waals surface area contributed by atoms with Gasteiger partial charge in [-0.1, -0.05) is 13.8 Å². The first-order valence-electron chi connectivity index (χ1n) is 7.27. The molecule has 0 amide bonds. The number of nitrogens with zero attached hydrogens (tertiary/aromatic N) is 2. The number of hydrogen-bond acceptors (Lipinski definition) is 4. The average Bonchev–Trinajstić information content (AvgIpc) is 3.19. The summed E-state index contributed by atoms with van der Waals surface area (Å²) in [5, 5.41) is 9.89. The highest BCUT2D eigenvalue weighted by Crippen LogP contribution is 2.43.